The van der Waals surface area contributed by atoms with Gasteiger partial charge in [-0.3, -0.25) is 4.79 Å². The molecule has 1 N–H and O–H groups in total. The Hall–Kier alpha value is -2.10. The van der Waals surface area contributed by atoms with Crippen LogP contribution in [0.4, 0.5) is 4.39 Å². The van der Waals surface area contributed by atoms with E-state index in [1.54, 1.807) is 38.1 Å². The first-order valence-electron chi connectivity index (χ1n) is 5.60. The average molecular weight is 247 g/mol. The third kappa shape index (κ3) is 2.42. The minimum absolute atomic E-state index is 0.294. The van der Waals surface area contributed by atoms with Crippen LogP contribution in [0.15, 0.2) is 47.3 Å². The maximum atomic E-state index is 13.7. The van der Waals surface area contributed by atoms with Gasteiger partial charge in [0.05, 0.1) is 17.4 Å². The molecule has 0 atom stereocenters. The molecule has 0 spiro atoms. The Morgan fingerprint density at radius 3 is 2.61 bits per heavy atom. The second-order valence-corrected chi connectivity index (χ2v) is 4.57. The van der Waals surface area contributed by atoms with Crippen LogP contribution < -0.4 is 5.32 Å². The molecule has 0 saturated heterocycles. The second-order valence-electron chi connectivity index (χ2n) is 4.57. The Balaban J connectivity index is 2.22. The molecule has 0 aliphatic rings. The van der Waals surface area contributed by atoms with E-state index in [2.05, 4.69) is 5.32 Å². The Labute approximate surface area is 105 Å². The van der Waals surface area contributed by atoms with E-state index in [0.29, 0.717) is 11.1 Å². The first-order chi connectivity index (χ1) is 8.50. The molecule has 0 bridgehead atoms. The topological polar surface area (TPSA) is 42.2 Å². The van der Waals surface area contributed by atoms with Crippen LogP contribution in [0.1, 0.15) is 29.8 Å². The molecule has 2 aromatic rings. The zero-order chi connectivity index (χ0) is 13.2. The lowest BCUT2D eigenvalue weighted by Gasteiger charge is -2.27. The second kappa shape index (κ2) is 4.64. The molecule has 4 heteroatoms. The highest BCUT2D eigenvalue weighted by Gasteiger charge is 2.26. The summed E-state index contributed by atoms with van der Waals surface area (Å²) in [6, 6.07) is 7.95. The zero-order valence-electron chi connectivity index (χ0n) is 10.2. The summed E-state index contributed by atoms with van der Waals surface area (Å²) in [5, 5.41) is 2.78. The van der Waals surface area contributed by atoms with Gasteiger partial charge in [-0.25, -0.2) is 4.39 Å². The summed E-state index contributed by atoms with van der Waals surface area (Å²) in [6.07, 6.45) is 2.78. The molecular formula is C14H14FNO2. The molecule has 0 unspecified atom stereocenters. The largest absolute Gasteiger partial charge is 0.472 e. The van der Waals surface area contributed by atoms with Gasteiger partial charge in [0.2, 0.25) is 0 Å². The number of carbonyl (C=O) groups excluding carboxylic acids is 1. The Morgan fingerprint density at radius 2 is 2.00 bits per heavy atom. The Kier molecular flexibility index (Phi) is 3.19. The lowest BCUT2D eigenvalue weighted by molar-refractivity contribution is 0.0910. The van der Waals surface area contributed by atoms with Gasteiger partial charge in [-0.2, -0.15) is 0 Å². The van der Waals surface area contributed by atoms with E-state index in [-0.39, 0.29) is 11.7 Å². The Morgan fingerprint density at radius 1 is 1.28 bits per heavy atom. The molecule has 18 heavy (non-hydrogen) atoms. The predicted octanol–water partition coefficient (Wildman–Crippen LogP) is 3.08. The molecule has 0 aliphatic heterocycles. The van der Waals surface area contributed by atoms with E-state index in [4.69, 9.17) is 4.42 Å². The van der Waals surface area contributed by atoms with Gasteiger partial charge in [-0.1, -0.05) is 18.2 Å². The first kappa shape index (κ1) is 12.4. The van der Waals surface area contributed by atoms with Crippen LogP contribution in [0.25, 0.3) is 0 Å². The van der Waals surface area contributed by atoms with Crippen molar-refractivity contribution >= 4 is 5.91 Å². The van der Waals surface area contributed by atoms with Crippen molar-refractivity contribution < 1.29 is 13.6 Å². The average Bonchev–Trinajstić information content (AvgIpc) is 2.82. The van der Waals surface area contributed by atoms with Crippen molar-refractivity contribution in [1.29, 1.82) is 0 Å². The van der Waals surface area contributed by atoms with E-state index in [1.165, 1.54) is 18.6 Å². The lowest BCUT2D eigenvalue weighted by atomic mass is 9.93. The van der Waals surface area contributed by atoms with Crippen LogP contribution in [-0.4, -0.2) is 5.91 Å². The molecule has 1 aromatic heterocycles. The van der Waals surface area contributed by atoms with Gasteiger partial charge < -0.3 is 9.73 Å². The summed E-state index contributed by atoms with van der Waals surface area (Å²) in [5.41, 5.74) is 0.0703. The number of nitrogens with one attached hydrogen (secondary N) is 1. The molecule has 0 fully saturated rings. The molecule has 0 aliphatic carbocycles. The van der Waals surface area contributed by atoms with Crippen LogP contribution in [0.5, 0.6) is 0 Å². The number of furan rings is 1. The van der Waals surface area contributed by atoms with Gasteiger partial charge in [0.15, 0.2) is 0 Å². The van der Waals surface area contributed by atoms with Gasteiger partial charge in [-0.05, 0) is 26.0 Å². The summed E-state index contributed by atoms with van der Waals surface area (Å²) in [6.45, 7) is 3.51. The van der Waals surface area contributed by atoms with Gasteiger partial charge in [-0.15, -0.1) is 0 Å². The maximum absolute atomic E-state index is 13.7. The summed E-state index contributed by atoms with van der Waals surface area (Å²) in [7, 11) is 0. The van der Waals surface area contributed by atoms with Crippen LogP contribution in [0.3, 0.4) is 0 Å². The van der Waals surface area contributed by atoms with Crippen LogP contribution in [-0.2, 0) is 5.54 Å². The minimum Gasteiger partial charge on any atom is -0.472 e. The van der Waals surface area contributed by atoms with Crippen molar-refractivity contribution in [2.75, 3.05) is 0 Å². The predicted molar refractivity (Wildman–Crippen MR) is 65.6 cm³/mol. The van der Waals surface area contributed by atoms with Gasteiger partial charge in [0, 0.05) is 5.56 Å². The summed E-state index contributed by atoms with van der Waals surface area (Å²) in [4.78, 5) is 11.9. The fraction of sp³-hybridized carbons (Fsp3) is 0.214. The number of halogens is 1. The van der Waals surface area contributed by atoms with E-state index in [9.17, 15) is 9.18 Å². The van der Waals surface area contributed by atoms with Crippen molar-refractivity contribution in [2.24, 2.45) is 0 Å². The van der Waals surface area contributed by atoms with Crippen molar-refractivity contribution in [2.45, 2.75) is 19.4 Å². The minimum atomic E-state index is -0.792. The number of benzene rings is 1. The summed E-state index contributed by atoms with van der Waals surface area (Å²) >= 11 is 0. The van der Waals surface area contributed by atoms with E-state index >= 15 is 0 Å². The molecule has 1 aromatic carbocycles. The SMILES string of the molecule is CC(C)(NC(=O)c1ccoc1)c1ccccc1F. The Bertz CT molecular complexity index is 547. The number of carbonyl (C=O) groups is 1. The highest BCUT2D eigenvalue weighted by atomic mass is 19.1. The molecule has 0 radical (unpaired) electrons. The molecule has 1 heterocycles. The number of amides is 1. The number of rotatable bonds is 3. The smallest absolute Gasteiger partial charge is 0.255 e. The van der Waals surface area contributed by atoms with Crippen molar-refractivity contribution in [3.63, 3.8) is 0 Å². The fourth-order valence-electron chi connectivity index (χ4n) is 1.79. The van der Waals surface area contributed by atoms with Crippen molar-refractivity contribution in [3.05, 3.63) is 59.8 Å². The molecular weight excluding hydrogens is 233 g/mol. The maximum Gasteiger partial charge on any atom is 0.255 e. The summed E-state index contributed by atoms with van der Waals surface area (Å²) < 4.78 is 18.6. The molecule has 0 saturated carbocycles. The zero-order valence-corrected chi connectivity index (χ0v) is 10.2. The molecule has 3 nitrogen and oxygen atoms in total. The normalized spacial score (nSPS) is 11.3. The first-order valence-corrected chi connectivity index (χ1v) is 5.60. The molecule has 1 amide bonds. The van der Waals surface area contributed by atoms with Gasteiger partial charge in [0.25, 0.3) is 5.91 Å². The van der Waals surface area contributed by atoms with Gasteiger partial charge >= 0.3 is 0 Å². The van der Waals surface area contributed by atoms with E-state index in [1.807, 2.05) is 0 Å². The summed E-state index contributed by atoms with van der Waals surface area (Å²) in [5.74, 6) is -0.632. The van der Waals surface area contributed by atoms with E-state index in [0.717, 1.165) is 0 Å². The third-order valence-corrected chi connectivity index (χ3v) is 2.76. The van der Waals surface area contributed by atoms with Crippen molar-refractivity contribution in [1.82, 2.24) is 5.32 Å². The highest BCUT2D eigenvalue weighted by Crippen LogP contribution is 2.23. The fourth-order valence-corrected chi connectivity index (χ4v) is 1.79. The number of hydrogen-bond donors (Lipinski definition) is 1. The van der Waals surface area contributed by atoms with E-state index < -0.39 is 5.54 Å². The third-order valence-electron chi connectivity index (χ3n) is 2.76. The van der Waals surface area contributed by atoms with Crippen LogP contribution in [0, 0.1) is 5.82 Å². The molecule has 94 valence electrons. The monoisotopic (exact) mass is 247 g/mol. The van der Waals surface area contributed by atoms with Crippen molar-refractivity contribution in [3.8, 4) is 0 Å². The number of hydrogen-bond acceptors (Lipinski definition) is 2. The highest BCUT2D eigenvalue weighted by molar-refractivity contribution is 5.94. The quantitative estimate of drug-likeness (QED) is 0.905. The van der Waals surface area contributed by atoms with Gasteiger partial charge in [0.1, 0.15) is 12.1 Å². The lowest BCUT2D eigenvalue weighted by Crippen LogP contribution is -2.41. The molecule has 2 rings (SSSR count). The van der Waals surface area contributed by atoms with Crippen LogP contribution >= 0.6 is 0 Å². The standard InChI is InChI=1S/C14H14FNO2/c1-14(2,11-5-3-4-6-12(11)15)16-13(17)10-7-8-18-9-10/h3-9H,1-2H3,(H,16,17). The van der Waals surface area contributed by atoms with Crippen LogP contribution in [0.2, 0.25) is 0 Å².